The lowest BCUT2D eigenvalue weighted by Crippen LogP contribution is -2.32. The van der Waals surface area contributed by atoms with Crippen molar-refractivity contribution in [3.63, 3.8) is 0 Å². The molecule has 2 aromatic rings. The van der Waals surface area contributed by atoms with Crippen molar-refractivity contribution in [3.8, 4) is 0 Å². The molecule has 2 N–H and O–H groups in total. The molecule has 6 nitrogen and oxygen atoms in total. The number of carbonyl (C=O) groups excluding carboxylic acids is 1. The number of pyridine rings is 2. The van der Waals surface area contributed by atoms with Gasteiger partial charge < -0.3 is 9.88 Å². The number of amides is 2. The number of rotatable bonds is 3. The van der Waals surface area contributed by atoms with E-state index in [0.717, 1.165) is 5.56 Å². The molecule has 0 saturated carbocycles. The van der Waals surface area contributed by atoms with Gasteiger partial charge >= 0.3 is 6.03 Å². The predicted molar refractivity (Wildman–Crippen MR) is 75.9 cm³/mol. The normalized spacial score (nSPS) is 11.2. The number of urea groups is 1. The number of aromatic nitrogens is 2. The summed E-state index contributed by atoms with van der Waals surface area (Å²) < 4.78 is 1.89. The summed E-state index contributed by atoms with van der Waals surface area (Å²) in [5.74, 6) is 0. The lowest BCUT2D eigenvalue weighted by molar-refractivity contribution is 0.243. The standard InChI is InChI=1S/C13H14ClN5O/c1-15-13(20)18-17-12-4-2-3-7-19(12)9-10-5-6-11(14)16-8-10/h2-8H,9H2,1H3,(H2,15,18,20). The minimum Gasteiger partial charge on any atom is -0.340 e. The highest BCUT2D eigenvalue weighted by Crippen LogP contribution is 2.05. The average Bonchev–Trinajstić information content (AvgIpc) is 2.48. The number of hydrogen-bond donors (Lipinski definition) is 2. The Labute approximate surface area is 121 Å². The maximum absolute atomic E-state index is 11.1. The van der Waals surface area contributed by atoms with E-state index in [-0.39, 0.29) is 6.03 Å². The van der Waals surface area contributed by atoms with Crippen LogP contribution in [0.4, 0.5) is 4.79 Å². The summed E-state index contributed by atoms with van der Waals surface area (Å²) in [5.41, 5.74) is 4.02. The third kappa shape index (κ3) is 3.83. The van der Waals surface area contributed by atoms with Gasteiger partial charge in [0.25, 0.3) is 0 Å². The summed E-state index contributed by atoms with van der Waals surface area (Å²) in [6.45, 7) is 0.583. The number of nitrogens with one attached hydrogen (secondary N) is 2. The van der Waals surface area contributed by atoms with Gasteiger partial charge in [-0.1, -0.05) is 23.7 Å². The van der Waals surface area contributed by atoms with Gasteiger partial charge in [-0.25, -0.2) is 15.2 Å². The van der Waals surface area contributed by atoms with Gasteiger partial charge in [0.1, 0.15) is 5.15 Å². The van der Waals surface area contributed by atoms with Crippen molar-refractivity contribution in [2.45, 2.75) is 6.54 Å². The van der Waals surface area contributed by atoms with Crippen LogP contribution in [-0.4, -0.2) is 22.6 Å². The fourth-order valence-corrected chi connectivity index (χ4v) is 1.67. The van der Waals surface area contributed by atoms with Gasteiger partial charge in [-0.2, -0.15) is 5.10 Å². The Morgan fingerprint density at radius 3 is 2.95 bits per heavy atom. The Morgan fingerprint density at radius 2 is 2.25 bits per heavy atom. The van der Waals surface area contributed by atoms with Crippen LogP contribution in [0.15, 0.2) is 47.8 Å². The van der Waals surface area contributed by atoms with Gasteiger partial charge in [-0.3, -0.25) is 0 Å². The van der Waals surface area contributed by atoms with Crippen molar-refractivity contribution in [1.82, 2.24) is 20.3 Å². The summed E-state index contributed by atoms with van der Waals surface area (Å²) in [6, 6.07) is 8.81. The molecule has 0 aliphatic rings. The number of carbonyl (C=O) groups is 1. The molecule has 0 unspecified atom stereocenters. The number of nitrogens with zero attached hydrogens (tertiary/aromatic N) is 3. The third-order valence-electron chi connectivity index (χ3n) is 2.56. The van der Waals surface area contributed by atoms with Crippen LogP contribution in [0, 0.1) is 0 Å². The minimum absolute atomic E-state index is 0.367. The molecule has 2 aromatic heterocycles. The number of halogens is 1. The van der Waals surface area contributed by atoms with Crippen LogP contribution in [0.2, 0.25) is 5.15 Å². The Balaban J connectivity index is 2.23. The Kier molecular flexibility index (Phi) is 4.73. The van der Waals surface area contributed by atoms with Gasteiger partial charge in [0.15, 0.2) is 5.49 Å². The van der Waals surface area contributed by atoms with Crippen LogP contribution in [-0.2, 0) is 6.54 Å². The van der Waals surface area contributed by atoms with Gasteiger partial charge in [0, 0.05) is 19.4 Å². The molecule has 20 heavy (non-hydrogen) atoms. The molecule has 0 aromatic carbocycles. The Hall–Kier alpha value is -2.34. The van der Waals surface area contributed by atoms with Crippen LogP contribution < -0.4 is 16.2 Å². The van der Waals surface area contributed by atoms with E-state index in [9.17, 15) is 4.79 Å². The van der Waals surface area contributed by atoms with Crippen molar-refractivity contribution in [2.24, 2.45) is 5.10 Å². The van der Waals surface area contributed by atoms with Crippen LogP contribution in [0.3, 0.4) is 0 Å². The molecule has 0 saturated heterocycles. The average molecular weight is 292 g/mol. The van der Waals surface area contributed by atoms with E-state index in [1.165, 1.54) is 7.05 Å². The quantitative estimate of drug-likeness (QED) is 0.661. The van der Waals surface area contributed by atoms with Crippen molar-refractivity contribution >= 4 is 17.6 Å². The number of hydrogen-bond acceptors (Lipinski definition) is 3. The molecule has 0 bridgehead atoms. The van der Waals surface area contributed by atoms with Crippen LogP contribution >= 0.6 is 11.6 Å². The summed E-state index contributed by atoms with van der Waals surface area (Å²) in [6.07, 6.45) is 3.58. The lowest BCUT2D eigenvalue weighted by Gasteiger charge is -2.07. The third-order valence-corrected chi connectivity index (χ3v) is 2.78. The predicted octanol–water partition coefficient (Wildman–Crippen LogP) is 1.33. The molecule has 2 amide bonds. The zero-order valence-corrected chi connectivity index (χ0v) is 11.6. The first-order valence-corrected chi connectivity index (χ1v) is 6.34. The van der Waals surface area contributed by atoms with Crippen molar-refractivity contribution < 1.29 is 4.79 Å². The van der Waals surface area contributed by atoms with E-state index < -0.39 is 0 Å². The van der Waals surface area contributed by atoms with Crippen LogP contribution in [0.1, 0.15) is 5.56 Å². The monoisotopic (exact) mass is 291 g/mol. The largest absolute Gasteiger partial charge is 0.340 e. The summed E-state index contributed by atoms with van der Waals surface area (Å²) in [7, 11) is 1.53. The van der Waals surface area contributed by atoms with Crippen LogP contribution in [0.5, 0.6) is 0 Å². The maximum atomic E-state index is 11.1. The van der Waals surface area contributed by atoms with Crippen molar-refractivity contribution in [2.75, 3.05) is 7.05 Å². The first-order chi connectivity index (χ1) is 9.69. The summed E-state index contributed by atoms with van der Waals surface area (Å²) >= 11 is 5.76. The second kappa shape index (κ2) is 6.72. The van der Waals surface area contributed by atoms with E-state index >= 15 is 0 Å². The smallest absolute Gasteiger partial charge is 0.334 e. The molecule has 2 rings (SSSR count). The second-order valence-electron chi connectivity index (χ2n) is 3.98. The second-order valence-corrected chi connectivity index (χ2v) is 4.37. The summed E-state index contributed by atoms with van der Waals surface area (Å²) in [5, 5.41) is 6.93. The molecule has 7 heteroatoms. The van der Waals surface area contributed by atoms with Crippen molar-refractivity contribution in [3.05, 3.63) is 58.9 Å². The van der Waals surface area contributed by atoms with E-state index in [2.05, 4.69) is 20.8 Å². The highest BCUT2D eigenvalue weighted by Gasteiger charge is 1.98. The van der Waals surface area contributed by atoms with E-state index in [0.29, 0.717) is 17.2 Å². The lowest BCUT2D eigenvalue weighted by atomic mass is 10.3. The molecule has 0 aliphatic carbocycles. The molecular weight excluding hydrogens is 278 g/mol. The molecule has 2 heterocycles. The zero-order valence-electron chi connectivity index (χ0n) is 10.9. The molecule has 0 aliphatic heterocycles. The zero-order chi connectivity index (χ0) is 14.4. The summed E-state index contributed by atoms with van der Waals surface area (Å²) in [4.78, 5) is 15.2. The fourth-order valence-electron chi connectivity index (χ4n) is 1.56. The van der Waals surface area contributed by atoms with E-state index in [1.807, 2.05) is 29.0 Å². The van der Waals surface area contributed by atoms with E-state index in [1.54, 1.807) is 18.3 Å². The highest BCUT2D eigenvalue weighted by molar-refractivity contribution is 6.29. The van der Waals surface area contributed by atoms with Gasteiger partial charge in [-0.05, 0) is 23.8 Å². The van der Waals surface area contributed by atoms with Crippen molar-refractivity contribution in [1.29, 1.82) is 0 Å². The first kappa shape index (κ1) is 14.1. The van der Waals surface area contributed by atoms with E-state index in [4.69, 9.17) is 11.6 Å². The Morgan fingerprint density at radius 1 is 1.40 bits per heavy atom. The molecule has 0 spiro atoms. The molecule has 0 fully saturated rings. The highest BCUT2D eigenvalue weighted by atomic mass is 35.5. The van der Waals surface area contributed by atoms with Gasteiger partial charge in [-0.15, -0.1) is 0 Å². The SMILES string of the molecule is CNC(=O)NN=c1ccccn1Cc1ccc(Cl)nc1. The Bertz CT molecular complexity index is 650. The van der Waals surface area contributed by atoms with Crippen LogP contribution in [0.25, 0.3) is 0 Å². The minimum atomic E-state index is -0.367. The van der Waals surface area contributed by atoms with Gasteiger partial charge in [0.2, 0.25) is 0 Å². The topological polar surface area (TPSA) is 71.3 Å². The molecule has 104 valence electrons. The molecule has 0 atom stereocenters. The first-order valence-electron chi connectivity index (χ1n) is 5.96. The fraction of sp³-hybridized carbons (Fsp3) is 0.154. The maximum Gasteiger partial charge on any atom is 0.334 e. The molecule has 0 radical (unpaired) electrons. The molecular formula is C13H14ClN5O. The van der Waals surface area contributed by atoms with Gasteiger partial charge in [0.05, 0.1) is 6.54 Å².